The quantitative estimate of drug-likeness (QED) is 0.0308. The summed E-state index contributed by atoms with van der Waals surface area (Å²) in [5.41, 5.74) is 0. The van der Waals surface area contributed by atoms with Crippen LogP contribution < -0.4 is 26.5 Å². The minimum atomic E-state index is -1.89. The largest absolute Gasteiger partial charge is 0.481 e. The molecule has 55 heavy (non-hydrogen) atoms. The molecular weight excluding hydrogens is 728 g/mol. The Morgan fingerprint density at radius 2 is 1.35 bits per heavy atom. The molecule has 5 rings (SSSR count). The van der Waals surface area contributed by atoms with Gasteiger partial charge in [0.2, 0.25) is 5.91 Å². The van der Waals surface area contributed by atoms with Gasteiger partial charge in [0, 0.05) is 25.1 Å². The lowest BCUT2D eigenvalue weighted by molar-refractivity contribution is -0.136. The van der Waals surface area contributed by atoms with Crippen LogP contribution >= 0.6 is 19.5 Å². The van der Waals surface area contributed by atoms with Crippen LogP contribution in [0.4, 0.5) is 0 Å². The van der Waals surface area contributed by atoms with Crippen LogP contribution in [0.3, 0.4) is 0 Å². The molecule has 3 aromatic carbocycles. The van der Waals surface area contributed by atoms with Crippen molar-refractivity contribution in [3.05, 3.63) is 127 Å². The van der Waals surface area contributed by atoms with Crippen LogP contribution in [0.5, 0.6) is 0 Å². The van der Waals surface area contributed by atoms with Gasteiger partial charge >= 0.3 is 11.9 Å². The van der Waals surface area contributed by atoms with Gasteiger partial charge in [0.25, 0.3) is 0 Å². The molecule has 10 heteroatoms. The predicted molar refractivity (Wildman–Crippen MR) is 229 cm³/mol. The molecule has 2 aliphatic rings. The highest BCUT2D eigenvalue weighted by atomic mass is 32.1. The van der Waals surface area contributed by atoms with E-state index in [0.717, 1.165) is 57.3 Å². The molecule has 2 saturated heterocycles. The lowest BCUT2D eigenvalue weighted by Crippen LogP contribution is -2.39. The van der Waals surface area contributed by atoms with E-state index in [-0.39, 0.29) is 31.0 Å². The van der Waals surface area contributed by atoms with Crippen molar-refractivity contribution >= 4 is 58.2 Å². The number of hydrogen-bond donors (Lipinski definition) is 4. The van der Waals surface area contributed by atoms with E-state index in [1.54, 1.807) is 12.2 Å². The van der Waals surface area contributed by atoms with E-state index in [2.05, 4.69) is 96.4 Å². The van der Waals surface area contributed by atoms with Crippen LogP contribution in [0.15, 0.2) is 127 Å². The standard InChI is InChI=1S/C23H21O2P.C22H34N2O4S/c24-23(25)18-10-11-19-26(20-12-4-1-5-13-20,21-14-6-2-7-15-21)22-16-8-3-9-17-22;1-2-3-8-13-23-21(29)14-20(25)24-15-17-16(18-11-12-19(17)28-18)9-6-4-5-7-10-22(26)27/h1-17H,18-19H2;4,6-7,10,16-19H,2-3,5,8-9,11-15H2,1H3,(H,23,29)(H,24,25)(H,26,27)/p+1/b;6-4-,10-7+/t;16-,17+,18-,19+/m.1/s1. The van der Waals surface area contributed by atoms with Crippen LogP contribution in [0.25, 0.3) is 0 Å². The average Bonchev–Trinajstić information content (AvgIpc) is 3.81. The topological polar surface area (TPSA) is 125 Å². The number of benzene rings is 3. The number of rotatable bonds is 20. The third-order valence-corrected chi connectivity index (χ3v) is 14.7. The van der Waals surface area contributed by atoms with E-state index in [1.165, 1.54) is 15.9 Å². The van der Waals surface area contributed by atoms with Gasteiger partial charge in [-0.15, -0.1) is 0 Å². The fourth-order valence-corrected chi connectivity index (χ4v) is 11.7. The summed E-state index contributed by atoms with van der Waals surface area (Å²) in [6, 6.07) is 31.7. The number of carbonyl (C=O) groups is 3. The maximum absolute atomic E-state index is 12.3. The number of carboxylic acids is 2. The van der Waals surface area contributed by atoms with Crippen molar-refractivity contribution in [2.45, 2.75) is 76.9 Å². The number of allylic oxidation sites excluding steroid dienone is 4. The van der Waals surface area contributed by atoms with Gasteiger partial charge in [-0.1, -0.05) is 111 Å². The minimum absolute atomic E-state index is 0.0335. The van der Waals surface area contributed by atoms with Crippen molar-refractivity contribution in [2.75, 3.05) is 19.3 Å². The molecule has 4 atom stereocenters. The monoisotopic (exact) mass is 783 g/mol. The first kappa shape index (κ1) is 43.3. The van der Waals surface area contributed by atoms with Crippen LogP contribution in [0, 0.1) is 11.8 Å². The molecule has 292 valence electrons. The maximum Gasteiger partial charge on any atom is 0.327 e. The first-order valence-electron chi connectivity index (χ1n) is 19.4. The number of hydrogen-bond acceptors (Lipinski definition) is 5. The molecule has 4 N–H and O–H groups in total. The van der Waals surface area contributed by atoms with Crippen molar-refractivity contribution < 1.29 is 29.3 Å². The fraction of sp³-hybridized carbons (Fsp3) is 0.378. The summed E-state index contributed by atoms with van der Waals surface area (Å²) in [5, 5.41) is 27.7. The molecule has 0 radical (unpaired) electrons. The summed E-state index contributed by atoms with van der Waals surface area (Å²) in [4.78, 5) is 34.2. The zero-order valence-corrected chi connectivity index (χ0v) is 33.5. The van der Waals surface area contributed by atoms with Crippen LogP contribution in [-0.4, -0.2) is 64.5 Å². The second kappa shape index (κ2) is 23.5. The number of aliphatic carboxylic acids is 2. The first-order valence-corrected chi connectivity index (χ1v) is 21.8. The Morgan fingerprint density at radius 3 is 1.89 bits per heavy atom. The second-order valence-electron chi connectivity index (χ2n) is 13.9. The number of carbonyl (C=O) groups excluding carboxylic acids is 1. The number of ether oxygens (including phenoxy) is 1. The van der Waals surface area contributed by atoms with E-state index >= 15 is 0 Å². The van der Waals surface area contributed by atoms with Crippen LogP contribution in [0.1, 0.15) is 64.7 Å². The summed E-state index contributed by atoms with van der Waals surface area (Å²) in [7, 11) is -1.89. The minimum Gasteiger partial charge on any atom is -0.481 e. The van der Waals surface area contributed by atoms with Gasteiger partial charge in [-0.3, -0.25) is 9.59 Å². The maximum atomic E-state index is 12.3. The average molecular weight is 784 g/mol. The third kappa shape index (κ3) is 13.7. The summed E-state index contributed by atoms with van der Waals surface area (Å²) >= 11 is 5.27. The lowest BCUT2D eigenvalue weighted by atomic mass is 9.77. The molecule has 2 heterocycles. The number of nitrogens with one attached hydrogen (secondary N) is 2. The number of carboxylic acid groups (broad SMARTS) is 2. The Morgan fingerprint density at radius 1 is 0.764 bits per heavy atom. The lowest BCUT2D eigenvalue weighted by Gasteiger charge is -2.27. The Labute approximate surface area is 332 Å². The molecule has 0 spiro atoms. The highest BCUT2D eigenvalue weighted by molar-refractivity contribution is 7.95. The molecule has 2 aliphatic heterocycles. The normalized spacial score (nSPS) is 19.0. The van der Waals surface area contributed by atoms with Crippen molar-refractivity contribution in [3.63, 3.8) is 0 Å². The third-order valence-electron chi connectivity index (χ3n) is 10.1. The molecule has 2 bridgehead atoms. The Kier molecular flexibility index (Phi) is 18.5. The number of thiocarbonyl (C=S) groups is 1. The summed E-state index contributed by atoms with van der Waals surface area (Å²) in [6.07, 6.45) is 19.3. The Balaban J connectivity index is 0.000000246. The SMILES string of the molecule is CCCCCNC(=S)CC(=O)NC[C@H]1[C@@H](C/C=C\C/C=C/C(=O)O)[C@H]2CC[C@@H]1O2.O=C(O)CC=CC[P+](c1ccccc1)(c1ccccc1)c1ccccc1. The zero-order valence-electron chi connectivity index (χ0n) is 31.8. The molecular formula is C45H56N2O6PS+. The van der Waals surface area contributed by atoms with Gasteiger partial charge in [0.1, 0.15) is 23.2 Å². The predicted octanol–water partition coefficient (Wildman–Crippen LogP) is 7.38. The second-order valence-corrected chi connectivity index (χ2v) is 17.9. The van der Waals surface area contributed by atoms with Gasteiger partial charge in [-0.05, 0) is 80.5 Å². The molecule has 0 saturated carbocycles. The van der Waals surface area contributed by atoms with E-state index < -0.39 is 19.2 Å². The van der Waals surface area contributed by atoms with Gasteiger partial charge < -0.3 is 25.6 Å². The Hall–Kier alpha value is -4.43. The Bertz CT molecular complexity index is 1640. The van der Waals surface area contributed by atoms with Crippen molar-refractivity contribution in [2.24, 2.45) is 11.8 Å². The molecule has 0 aromatic heterocycles. The van der Waals surface area contributed by atoms with E-state index in [1.807, 2.05) is 30.4 Å². The fourth-order valence-electron chi connectivity index (χ4n) is 7.41. The van der Waals surface area contributed by atoms with Crippen molar-refractivity contribution in [3.8, 4) is 0 Å². The van der Waals surface area contributed by atoms with Gasteiger partial charge in [-0.25, -0.2) is 4.79 Å². The van der Waals surface area contributed by atoms with Gasteiger partial charge in [-0.2, -0.15) is 0 Å². The van der Waals surface area contributed by atoms with Crippen molar-refractivity contribution in [1.29, 1.82) is 0 Å². The summed E-state index contributed by atoms with van der Waals surface area (Å²) in [5.74, 6) is -1.04. The van der Waals surface area contributed by atoms with Crippen LogP contribution in [0.2, 0.25) is 0 Å². The molecule has 8 nitrogen and oxygen atoms in total. The van der Waals surface area contributed by atoms with Gasteiger partial charge in [0.15, 0.2) is 0 Å². The molecule has 2 fully saturated rings. The van der Waals surface area contributed by atoms with Crippen molar-refractivity contribution in [1.82, 2.24) is 10.6 Å². The smallest absolute Gasteiger partial charge is 0.327 e. The number of amides is 1. The zero-order chi connectivity index (χ0) is 39.3. The molecule has 0 unspecified atom stereocenters. The molecule has 1 amide bonds. The first-order chi connectivity index (χ1) is 26.7. The summed E-state index contributed by atoms with van der Waals surface area (Å²) in [6.45, 7) is 3.61. The molecule has 0 aliphatic carbocycles. The summed E-state index contributed by atoms with van der Waals surface area (Å²) < 4.78 is 6.08. The highest BCUT2D eigenvalue weighted by Gasteiger charge is 2.48. The van der Waals surface area contributed by atoms with E-state index in [4.69, 9.17) is 27.2 Å². The van der Waals surface area contributed by atoms with Crippen LogP contribution in [-0.2, 0) is 19.1 Å². The van der Waals surface area contributed by atoms with Gasteiger partial charge in [0.05, 0.1) is 36.2 Å². The number of fused-ring (bicyclic) bond motifs is 2. The molecule has 3 aromatic rings. The highest BCUT2D eigenvalue weighted by Crippen LogP contribution is 2.55. The van der Waals surface area contributed by atoms with E-state index in [0.29, 0.717) is 29.8 Å². The number of unbranched alkanes of at least 4 members (excludes halogenated alkanes) is 2. The van der Waals surface area contributed by atoms with E-state index in [9.17, 15) is 14.4 Å².